The quantitative estimate of drug-likeness (QED) is 0.376. The first-order chi connectivity index (χ1) is 13.5. The van der Waals surface area contributed by atoms with Crippen LogP contribution in [0.2, 0.25) is 0 Å². The molecule has 0 aliphatic carbocycles. The highest BCUT2D eigenvalue weighted by atomic mass is 79.9. The molecule has 2 rings (SSSR count). The highest BCUT2D eigenvalue weighted by Crippen LogP contribution is 2.26. The summed E-state index contributed by atoms with van der Waals surface area (Å²) in [5.41, 5.74) is 1.26. The molecule has 0 aliphatic heterocycles. The second kappa shape index (κ2) is 11.7. The number of nitrogens with one attached hydrogen (secondary N) is 2. The average Bonchev–Trinajstić information content (AvgIpc) is 2.68. The van der Waals surface area contributed by atoms with Gasteiger partial charge in [-0.05, 0) is 83.5 Å². The molecule has 28 heavy (non-hydrogen) atoms. The Morgan fingerprint density at radius 3 is 2.43 bits per heavy atom. The summed E-state index contributed by atoms with van der Waals surface area (Å²) in [5, 5.41) is 5.91. The SMILES string of the molecule is CCCCOc1ccc(NC(=S)NC(=O)c2ccc(OCCC)c(Br)c2)cc1. The minimum Gasteiger partial charge on any atom is -0.494 e. The number of carbonyl (C=O) groups is 1. The van der Waals surface area contributed by atoms with Crippen LogP contribution in [-0.4, -0.2) is 24.2 Å². The number of unbranched alkanes of at least 4 members (excludes halogenated alkanes) is 1. The van der Waals surface area contributed by atoms with Crippen LogP contribution in [0.5, 0.6) is 11.5 Å². The summed E-state index contributed by atoms with van der Waals surface area (Å²) < 4.78 is 12.0. The van der Waals surface area contributed by atoms with E-state index in [2.05, 4.69) is 33.5 Å². The molecule has 5 nitrogen and oxygen atoms in total. The van der Waals surface area contributed by atoms with Gasteiger partial charge in [-0.1, -0.05) is 20.3 Å². The Hall–Kier alpha value is -2.12. The van der Waals surface area contributed by atoms with Crippen molar-refractivity contribution in [1.29, 1.82) is 0 Å². The largest absolute Gasteiger partial charge is 0.494 e. The lowest BCUT2D eigenvalue weighted by Gasteiger charge is -2.12. The molecule has 0 aliphatic rings. The van der Waals surface area contributed by atoms with Gasteiger partial charge in [0.2, 0.25) is 0 Å². The van der Waals surface area contributed by atoms with Gasteiger partial charge < -0.3 is 14.8 Å². The first-order valence-corrected chi connectivity index (χ1v) is 10.5. The van der Waals surface area contributed by atoms with E-state index in [0.717, 1.165) is 35.2 Å². The van der Waals surface area contributed by atoms with Crippen molar-refractivity contribution in [2.24, 2.45) is 0 Å². The maximum atomic E-state index is 12.4. The molecule has 2 aromatic rings. The van der Waals surface area contributed by atoms with Crippen LogP contribution in [0.15, 0.2) is 46.9 Å². The Kier molecular flexibility index (Phi) is 9.23. The standard InChI is InChI=1S/C21H25BrN2O3S/c1-3-5-13-26-17-9-7-16(8-10-17)23-21(28)24-20(25)15-6-11-19(18(22)14-15)27-12-4-2/h6-11,14H,3-5,12-13H2,1-2H3,(H2,23,24,25,28). The van der Waals surface area contributed by atoms with Crippen LogP contribution >= 0.6 is 28.1 Å². The molecule has 0 spiro atoms. The zero-order chi connectivity index (χ0) is 20.4. The predicted molar refractivity (Wildman–Crippen MR) is 120 cm³/mol. The van der Waals surface area contributed by atoms with E-state index in [0.29, 0.717) is 24.5 Å². The molecule has 7 heteroatoms. The van der Waals surface area contributed by atoms with Crippen molar-refractivity contribution in [2.75, 3.05) is 18.5 Å². The number of hydrogen-bond acceptors (Lipinski definition) is 4. The molecule has 1 amide bonds. The van der Waals surface area contributed by atoms with Gasteiger partial charge in [0.1, 0.15) is 11.5 Å². The number of rotatable bonds is 9. The van der Waals surface area contributed by atoms with Gasteiger partial charge in [-0.3, -0.25) is 10.1 Å². The molecule has 0 aromatic heterocycles. The van der Waals surface area contributed by atoms with Gasteiger partial charge in [0.15, 0.2) is 5.11 Å². The topological polar surface area (TPSA) is 59.6 Å². The Labute approximate surface area is 179 Å². The third kappa shape index (κ3) is 7.13. The summed E-state index contributed by atoms with van der Waals surface area (Å²) in [6, 6.07) is 12.6. The summed E-state index contributed by atoms with van der Waals surface area (Å²) >= 11 is 8.67. The van der Waals surface area contributed by atoms with Gasteiger partial charge in [-0.25, -0.2) is 0 Å². The van der Waals surface area contributed by atoms with Crippen molar-refractivity contribution in [2.45, 2.75) is 33.1 Å². The zero-order valence-electron chi connectivity index (χ0n) is 16.1. The van der Waals surface area contributed by atoms with Gasteiger partial charge in [0, 0.05) is 11.3 Å². The van der Waals surface area contributed by atoms with Gasteiger partial charge in [-0.2, -0.15) is 0 Å². The molecule has 0 atom stereocenters. The number of thiocarbonyl (C=S) groups is 1. The lowest BCUT2D eigenvalue weighted by atomic mass is 10.2. The molecular formula is C21H25BrN2O3S. The maximum absolute atomic E-state index is 12.4. The van der Waals surface area contributed by atoms with Crippen molar-refractivity contribution in [1.82, 2.24) is 5.32 Å². The minimum atomic E-state index is -0.292. The Morgan fingerprint density at radius 2 is 1.79 bits per heavy atom. The molecule has 150 valence electrons. The molecule has 0 unspecified atom stereocenters. The van der Waals surface area contributed by atoms with Crippen LogP contribution in [-0.2, 0) is 0 Å². The molecule has 0 saturated heterocycles. The maximum Gasteiger partial charge on any atom is 0.257 e. The summed E-state index contributed by atoms with van der Waals surface area (Å²) in [5.74, 6) is 1.23. The van der Waals surface area contributed by atoms with Crippen LogP contribution < -0.4 is 20.1 Å². The monoisotopic (exact) mass is 464 g/mol. The van der Waals surface area contributed by atoms with E-state index in [1.165, 1.54) is 0 Å². The number of benzene rings is 2. The Balaban J connectivity index is 1.88. The van der Waals surface area contributed by atoms with Crippen molar-refractivity contribution in [3.63, 3.8) is 0 Å². The molecule has 0 radical (unpaired) electrons. The molecule has 0 saturated carbocycles. The average molecular weight is 465 g/mol. The lowest BCUT2D eigenvalue weighted by Crippen LogP contribution is -2.34. The normalized spacial score (nSPS) is 10.2. The molecule has 2 N–H and O–H groups in total. The fourth-order valence-corrected chi connectivity index (χ4v) is 2.98. The van der Waals surface area contributed by atoms with Crippen LogP contribution in [0.1, 0.15) is 43.5 Å². The second-order valence-electron chi connectivity index (χ2n) is 6.13. The van der Waals surface area contributed by atoms with Crippen LogP contribution in [0.4, 0.5) is 5.69 Å². The van der Waals surface area contributed by atoms with E-state index < -0.39 is 0 Å². The first-order valence-electron chi connectivity index (χ1n) is 9.31. The fraction of sp³-hybridized carbons (Fsp3) is 0.333. The van der Waals surface area contributed by atoms with Crippen LogP contribution in [0, 0.1) is 0 Å². The van der Waals surface area contributed by atoms with Crippen molar-refractivity contribution < 1.29 is 14.3 Å². The zero-order valence-corrected chi connectivity index (χ0v) is 18.5. The van der Waals surface area contributed by atoms with E-state index >= 15 is 0 Å². The predicted octanol–water partition coefficient (Wildman–Crippen LogP) is 5.54. The molecule has 0 fully saturated rings. The van der Waals surface area contributed by atoms with Crippen molar-refractivity contribution in [3.05, 3.63) is 52.5 Å². The molecule has 2 aromatic carbocycles. The van der Waals surface area contributed by atoms with Crippen molar-refractivity contribution >= 4 is 44.9 Å². The number of carbonyl (C=O) groups excluding carboxylic acids is 1. The number of anilines is 1. The van der Waals surface area contributed by atoms with E-state index in [1.807, 2.05) is 31.2 Å². The molecule has 0 heterocycles. The summed E-state index contributed by atoms with van der Waals surface area (Å²) in [7, 11) is 0. The highest BCUT2D eigenvalue weighted by Gasteiger charge is 2.11. The van der Waals surface area contributed by atoms with E-state index in [-0.39, 0.29) is 11.0 Å². The van der Waals surface area contributed by atoms with Gasteiger partial charge >= 0.3 is 0 Å². The van der Waals surface area contributed by atoms with Gasteiger partial charge in [0.25, 0.3) is 5.91 Å². The van der Waals surface area contributed by atoms with Gasteiger partial charge in [0.05, 0.1) is 17.7 Å². The second-order valence-corrected chi connectivity index (χ2v) is 7.39. The van der Waals surface area contributed by atoms with E-state index in [4.69, 9.17) is 21.7 Å². The molecule has 0 bridgehead atoms. The number of amides is 1. The third-order valence-electron chi connectivity index (χ3n) is 3.76. The van der Waals surface area contributed by atoms with Gasteiger partial charge in [-0.15, -0.1) is 0 Å². The molecular weight excluding hydrogens is 440 g/mol. The number of ether oxygens (including phenoxy) is 2. The number of hydrogen-bond donors (Lipinski definition) is 2. The Bertz CT molecular complexity index is 797. The Morgan fingerprint density at radius 1 is 1.04 bits per heavy atom. The van der Waals surface area contributed by atoms with Crippen LogP contribution in [0.25, 0.3) is 0 Å². The lowest BCUT2D eigenvalue weighted by molar-refractivity contribution is 0.0977. The minimum absolute atomic E-state index is 0.229. The van der Waals surface area contributed by atoms with Crippen LogP contribution in [0.3, 0.4) is 0 Å². The summed E-state index contributed by atoms with van der Waals surface area (Å²) in [4.78, 5) is 12.4. The van der Waals surface area contributed by atoms with E-state index in [1.54, 1.807) is 18.2 Å². The fourth-order valence-electron chi connectivity index (χ4n) is 2.28. The first kappa shape index (κ1) is 22.2. The number of halogens is 1. The summed E-state index contributed by atoms with van der Waals surface area (Å²) in [6.07, 6.45) is 3.04. The third-order valence-corrected chi connectivity index (χ3v) is 4.59. The summed E-state index contributed by atoms with van der Waals surface area (Å²) in [6.45, 7) is 5.49. The van der Waals surface area contributed by atoms with Crippen molar-refractivity contribution in [3.8, 4) is 11.5 Å². The smallest absolute Gasteiger partial charge is 0.257 e. The van der Waals surface area contributed by atoms with E-state index in [9.17, 15) is 4.79 Å². The highest BCUT2D eigenvalue weighted by molar-refractivity contribution is 9.10.